The molecule has 2 nitrogen and oxygen atoms in total. The Balaban J connectivity index is 2.47. The molecule has 0 saturated carbocycles. The molecule has 0 fully saturated rings. The summed E-state index contributed by atoms with van der Waals surface area (Å²) in [6, 6.07) is 4.10. The molecule has 0 amide bonds. The molecule has 70 valence electrons. The molecule has 0 aliphatic carbocycles. The maximum Gasteiger partial charge on any atom is 0.120 e. The van der Waals surface area contributed by atoms with Crippen LogP contribution in [0.4, 0.5) is 5.69 Å². The number of fused-ring (bicyclic) bond motifs is 1. The number of halogens is 1. The Morgan fingerprint density at radius 3 is 3.08 bits per heavy atom. The summed E-state index contributed by atoms with van der Waals surface area (Å²) in [5.74, 6) is 0.925. The van der Waals surface area contributed by atoms with Crippen LogP contribution in [0, 0.1) is 0 Å². The Kier molecular flexibility index (Phi) is 2.44. The minimum atomic E-state index is 0.925. The zero-order valence-corrected chi connectivity index (χ0v) is 9.15. The molecule has 1 aliphatic rings. The molecule has 1 aromatic rings. The van der Waals surface area contributed by atoms with E-state index in [1.54, 1.807) is 7.11 Å². The lowest BCUT2D eigenvalue weighted by molar-refractivity contribution is 0.414. The second-order valence-electron chi connectivity index (χ2n) is 3.17. The van der Waals surface area contributed by atoms with Gasteiger partial charge in [-0.1, -0.05) is 0 Å². The molecule has 1 aromatic carbocycles. The summed E-state index contributed by atoms with van der Waals surface area (Å²) in [6.45, 7) is 1.07. The predicted octanol–water partition coefficient (Wildman–Crippen LogP) is 2.82. The smallest absolute Gasteiger partial charge is 0.120 e. The first-order valence-corrected chi connectivity index (χ1v) is 5.21. The summed E-state index contributed by atoms with van der Waals surface area (Å²) in [7, 11) is 1.70. The topological polar surface area (TPSA) is 21.3 Å². The normalized spacial score (nSPS) is 14.6. The quantitative estimate of drug-likeness (QED) is 0.817. The van der Waals surface area contributed by atoms with Crippen molar-refractivity contribution < 1.29 is 4.74 Å². The summed E-state index contributed by atoms with van der Waals surface area (Å²) in [5, 5.41) is 3.38. The summed E-state index contributed by atoms with van der Waals surface area (Å²) in [4.78, 5) is 0. The molecule has 0 spiro atoms. The number of methoxy groups -OCH3 is 1. The van der Waals surface area contributed by atoms with Crippen LogP contribution >= 0.6 is 15.9 Å². The molecule has 0 atom stereocenters. The van der Waals surface area contributed by atoms with Gasteiger partial charge in [0.15, 0.2) is 0 Å². The van der Waals surface area contributed by atoms with Gasteiger partial charge < -0.3 is 10.1 Å². The Labute approximate surface area is 86.4 Å². The van der Waals surface area contributed by atoms with E-state index in [0.29, 0.717) is 0 Å². The molecule has 0 radical (unpaired) electrons. The highest BCUT2D eigenvalue weighted by molar-refractivity contribution is 9.10. The number of anilines is 1. The van der Waals surface area contributed by atoms with Crippen molar-refractivity contribution in [2.45, 2.75) is 12.8 Å². The highest BCUT2D eigenvalue weighted by Gasteiger charge is 2.12. The van der Waals surface area contributed by atoms with Crippen molar-refractivity contribution in [3.05, 3.63) is 22.2 Å². The molecule has 3 heteroatoms. The lowest BCUT2D eigenvalue weighted by Crippen LogP contribution is -2.12. The average Bonchev–Trinajstić information content (AvgIpc) is 2.18. The molecular formula is C10H12BrNO. The number of hydrogen-bond donors (Lipinski definition) is 1. The first-order valence-electron chi connectivity index (χ1n) is 4.41. The lowest BCUT2D eigenvalue weighted by atomic mass is 10.0. The van der Waals surface area contributed by atoms with E-state index in [-0.39, 0.29) is 0 Å². The fourth-order valence-corrected chi connectivity index (χ4v) is 2.26. The van der Waals surface area contributed by atoms with Crippen LogP contribution < -0.4 is 10.1 Å². The van der Waals surface area contributed by atoms with Crippen LogP contribution in [0.2, 0.25) is 0 Å². The summed E-state index contributed by atoms with van der Waals surface area (Å²) >= 11 is 3.53. The molecule has 0 unspecified atom stereocenters. The number of rotatable bonds is 1. The standard InChI is InChI=1S/C10H12BrNO/c1-13-8-5-7-3-2-4-12-10(7)9(11)6-8/h5-6,12H,2-4H2,1H3. The van der Waals surface area contributed by atoms with Crippen LogP contribution in [-0.2, 0) is 6.42 Å². The number of hydrogen-bond acceptors (Lipinski definition) is 2. The Morgan fingerprint density at radius 2 is 2.31 bits per heavy atom. The largest absolute Gasteiger partial charge is 0.497 e. The molecule has 2 rings (SSSR count). The zero-order chi connectivity index (χ0) is 9.26. The highest BCUT2D eigenvalue weighted by Crippen LogP contribution is 2.34. The van der Waals surface area contributed by atoms with E-state index in [2.05, 4.69) is 27.3 Å². The van der Waals surface area contributed by atoms with E-state index in [0.717, 1.165) is 23.2 Å². The molecule has 13 heavy (non-hydrogen) atoms. The number of benzene rings is 1. The SMILES string of the molecule is COc1cc(Br)c2c(c1)CCCN2. The van der Waals surface area contributed by atoms with Crippen molar-refractivity contribution in [1.82, 2.24) is 0 Å². The van der Waals surface area contributed by atoms with Crippen LogP contribution in [0.15, 0.2) is 16.6 Å². The van der Waals surface area contributed by atoms with Crippen LogP contribution in [-0.4, -0.2) is 13.7 Å². The van der Waals surface area contributed by atoms with Crippen molar-refractivity contribution in [1.29, 1.82) is 0 Å². The molecule has 0 aromatic heterocycles. The van der Waals surface area contributed by atoms with Gasteiger partial charge in [-0.15, -0.1) is 0 Å². The third kappa shape index (κ3) is 1.66. The van der Waals surface area contributed by atoms with E-state index in [9.17, 15) is 0 Å². The summed E-state index contributed by atoms with van der Waals surface area (Å²) < 4.78 is 6.30. The van der Waals surface area contributed by atoms with Gasteiger partial charge in [0.1, 0.15) is 5.75 Å². The Morgan fingerprint density at radius 1 is 1.46 bits per heavy atom. The molecule has 0 saturated heterocycles. The lowest BCUT2D eigenvalue weighted by Gasteiger charge is -2.20. The second kappa shape index (κ2) is 3.58. The van der Waals surface area contributed by atoms with Gasteiger partial charge in [0.25, 0.3) is 0 Å². The van der Waals surface area contributed by atoms with Gasteiger partial charge in [0.05, 0.1) is 12.8 Å². The molecule has 1 heterocycles. The second-order valence-corrected chi connectivity index (χ2v) is 4.03. The van der Waals surface area contributed by atoms with E-state index in [4.69, 9.17) is 4.74 Å². The molecule has 1 aliphatic heterocycles. The third-order valence-corrected chi connectivity index (χ3v) is 2.93. The third-order valence-electron chi connectivity index (χ3n) is 2.31. The Hall–Kier alpha value is -0.700. The van der Waals surface area contributed by atoms with Crippen molar-refractivity contribution in [2.24, 2.45) is 0 Å². The molecular weight excluding hydrogens is 230 g/mol. The molecule has 1 N–H and O–H groups in total. The van der Waals surface area contributed by atoms with Crippen molar-refractivity contribution in [3.63, 3.8) is 0 Å². The van der Waals surface area contributed by atoms with Crippen molar-refractivity contribution >= 4 is 21.6 Å². The fourth-order valence-electron chi connectivity index (χ4n) is 1.64. The van der Waals surface area contributed by atoms with E-state index >= 15 is 0 Å². The number of ether oxygens (including phenoxy) is 1. The maximum atomic E-state index is 5.20. The van der Waals surface area contributed by atoms with Gasteiger partial charge in [0, 0.05) is 11.0 Å². The van der Waals surface area contributed by atoms with E-state index in [1.807, 2.05) is 6.07 Å². The van der Waals surface area contributed by atoms with Gasteiger partial charge in [-0.25, -0.2) is 0 Å². The van der Waals surface area contributed by atoms with E-state index < -0.39 is 0 Å². The van der Waals surface area contributed by atoms with Crippen LogP contribution in [0.5, 0.6) is 5.75 Å². The van der Waals surface area contributed by atoms with E-state index in [1.165, 1.54) is 17.7 Å². The summed E-state index contributed by atoms with van der Waals surface area (Å²) in [5.41, 5.74) is 2.57. The monoisotopic (exact) mass is 241 g/mol. The predicted molar refractivity (Wildman–Crippen MR) is 57.5 cm³/mol. The van der Waals surface area contributed by atoms with Gasteiger partial charge in [-0.2, -0.15) is 0 Å². The average molecular weight is 242 g/mol. The van der Waals surface area contributed by atoms with Crippen LogP contribution in [0.1, 0.15) is 12.0 Å². The molecule has 0 bridgehead atoms. The Bertz CT molecular complexity index is 325. The van der Waals surface area contributed by atoms with Crippen LogP contribution in [0.25, 0.3) is 0 Å². The van der Waals surface area contributed by atoms with Crippen molar-refractivity contribution in [2.75, 3.05) is 19.0 Å². The fraction of sp³-hybridized carbons (Fsp3) is 0.400. The number of nitrogens with one attached hydrogen (secondary N) is 1. The highest BCUT2D eigenvalue weighted by atomic mass is 79.9. The minimum absolute atomic E-state index is 0.925. The van der Waals surface area contributed by atoms with Gasteiger partial charge in [0.2, 0.25) is 0 Å². The zero-order valence-electron chi connectivity index (χ0n) is 7.56. The summed E-state index contributed by atoms with van der Waals surface area (Å²) in [6.07, 6.45) is 2.34. The van der Waals surface area contributed by atoms with Crippen LogP contribution in [0.3, 0.4) is 0 Å². The maximum absolute atomic E-state index is 5.20. The number of aryl methyl sites for hydroxylation is 1. The van der Waals surface area contributed by atoms with Crippen molar-refractivity contribution in [3.8, 4) is 5.75 Å². The van der Waals surface area contributed by atoms with Gasteiger partial charge >= 0.3 is 0 Å². The first-order chi connectivity index (χ1) is 6.31. The first kappa shape index (κ1) is 8.88. The minimum Gasteiger partial charge on any atom is -0.497 e. The van der Waals surface area contributed by atoms with Gasteiger partial charge in [-0.3, -0.25) is 0 Å². The van der Waals surface area contributed by atoms with Gasteiger partial charge in [-0.05, 0) is 46.5 Å².